The van der Waals surface area contributed by atoms with E-state index in [0.29, 0.717) is 18.2 Å². The van der Waals surface area contributed by atoms with Crippen molar-refractivity contribution in [2.75, 3.05) is 18.5 Å². The predicted molar refractivity (Wildman–Crippen MR) is 115 cm³/mol. The number of carbonyl (C=O) groups is 2. The van der Waals surface area contributed by atoms with Gasteiger partial charge in [-0.05, 0) is 52.8 Å². The molecule has 6 nitrogen and oxygen atoms in total. The zero-order valence-electron chi connectivity index (χ0n) is 17.8. The number of rotatable bonds is 7. The van der Waals surface area contributed by atoms with Crippen molar-refractivity contribution in [1.82, 2.24) is 15.2 Å². The van der Waals surface area contributed by atoms with E-state index in [1.165, 1.54) is 16.9 Å². The van der Waals surface area contributed by atoms with Crippen molar-refractivity contribution in [3.05, 3.63) is 39.9 Å². The monoisotopic (exact) mass is 402 g/mol. The van der Waals surface area contributed by atoms with Crippen molar-refractivity contribution < 1.29 is 9.59 Å². The van der Waals surface area contributed by atoms with Gasteiger partial charge in [-0.25, -0.2) is 4.98 Å². The molecule has 1 aromatic heterocycles. The first-order chi connectivity index (χ1) is 13.1. The minimum atomic E-state index is -0.0689. The van der Waals surface area contributed by atoms with Gasteiger partial charge < -0.3 is 5.32 Å². The third-order valence-electron chi connectivity index (χ3n) is 4.20. The number of amides is 2. The smallest absolute Gasteiger partial charge is 0.234 e. The van der Waals surface area contributed by atoms with E-state index in [1.54, 1.807) is 11.8 Å². The van der Waals surface area contributed by atoms with Gasteiger partial charge >= 0.3 is 0 Å². The van der Waals surface area contributed by atoms with Gasteiger partial charge in [-0.2, -0.15) is 0 Å². The number of nitrogens with zero attached hydrogens (tertiary/aromatic N) is 3. The first-order valence-corrected chi connectivity index (χ1v) is 10.3. The van der Waals surface area contributed by atoms with Crippen molar-refractivity contribution in [3.8, 4) is 0 Å². The van der Waals surface area contributed by atoms with E-state index in [-0.39, 0.29) is 17.9 Å². The molecule has 0 fully saturated rings. The Balaban J connectivity index is 2.20. The summed E-state index contributed by atoms with van der Waals surface area (Å²) in [7, 11) is 1.88. The highest BCUT2D eigenvalue weighted by atomic mass is 32.1. The van der Waals surface area contributed by atoms with Crippen LogP contribution < -0.4 is 10.2 Å². The fourth-order valence-corrected chi connectivity index (χ4v) is 4.19. The molecular weight excluding hydrogens is 372 g/mol. The SMILES string of the molecule is CC(=O)N(c1nc(CN(C)CC(=O)NC(C)C)cs1)c1c(C)cc(C)cc1C. The zero-order valence-corrected chi connectivity index (χ0v) is 18.6. The van der Waals surface area contributed by atoms with Crippen LogP contribution in [0.2, 0.25) is 0 Å². The van der Waals surface area contributed by atoms with Crippen LogP contribution in [0.15, 0.2) is 17.5 Å². The van der Waals surface area contributed by atoms with E-state index in [4.69, 9.17) is 0 Å². The molecule has 1 heterocycles. The molecule has 7 heteroatoms. The van der Waals surface area contributed by atoms with Crippen LogP contribution in [0.25, 0.3) is 0 Å². The molecule has 0 saturated heterocycles. The van der Waals surface area contributed by atoms with E-state index in [1.807, 2.05) is 45.0 Å². The Labute approximate surface area is 171 Å². The topological polar surface area (TPSA) is 65.5 Å². The quantitative estimate of drug-likeness (QED) is 0.767. The second kappa shape index (κ2) is 9.30. The third-order valence-corrected chi connectivity index (χ3v) is 5.07. The number of nitrogens with one attached hydrogen (secondary N) is 1. The fourth-order valence-electron chi connectivity index (χ4n) is 3.33. The first-order valence-electron chi connectivity index (χ1n) is 9.39. The van der Waals surface area contributed by atoms with Crippen molar-refractivity contribution in [2.24, 2.45) is 0 Å². The fraction of sp³-hybridized carbons (Fsp3) is 0.476. The maximum Gasteiger partial charge on any atom is 0.234 e. The van der Waals surface area contributed by atoms with Gasteiger partial charge in [-0.3, -0.25) is 19.4 Å². The van der Waals surface area contributed by atoms with Crippen LogP contribution in [0.1, 0.15) is 43.2 Å². The van der Waals surface area contributed by atoms with E-state index in [2.05, 4.69) is 29.4 Å². The minimum absolute atomic E-state index is 0.00998. The molecule has 2 aromatic rings. The van der Waals surface area contributed by atoms with Crippen LogP contribution >= 0.6 is 11.3 Å². The van der Waals surface area contributed by atoms with Gasteiger partial charge in [-0.1, -0.05) is 17.7 Å². The maximum absolute atomic E-state index is 12.4. The summed E-state index contributed by atoms with van der Waals surface area (Å²) in [5, 5.41) is 5.48. The molecule has 0 aliphatic heterocycles. The van der Waals surface area contributed by atoms with Crippen LogP contribution in [-0.4, -0.2) is 41.3 Å². The lowest BCUT2D eigenvalue weighted by atomic mass is 10.0. The van der Waals surface area contributed by atoms with Gasteiger partial charge in [-0.15, -0.1) is 11.3 Å². The largest absolute Gasteiger partial charge is 0.353 e. The summed E-state index contributed by atoms with van der Waals surface area (Å²) in [5.74, 6) is -0.0789. The van der Waals surface area contributed by atoms with Crippen LogP contribution in [-0.2, 0) is 16.1 Å². The summed E-state index contributed by atoms with van der Waals surface area (Å²) in [5.41, 5.74) is 5.00. The molecule has 0 unspecified atom stereocenters. The van der Waals surface area contributed by atoms with Crippen LogP contribution in [0.3, 0.4) is 0 Å². The molecule has 0 atom stereocenters. The Morgan fingerprint density at radius 2 is 1.79 bits per heavy atom. The maximum atomic E-state index is 12.4. The normalized spacial score (nSPS) is 11.2. The van der Waals surface area contributed by atoms with Crippen molar-refractivity contribution in [2.45, 2.75) is 54.1 Å². The highest BCUT2D eigenvalue weighted by Gasteiger charge is 2.22. The number of thiazole rings is 1. The average molecular weight is 403 g/mol. The second-order valence-electron chi connectivity index (χ2n) is 7.62. The number of aryl methyl sites for hydroxylation is 3. The molecule has 28 heavy (non-hydrogen) atoms. The molecule has 0 aliphatic rings. The first kappa shape index (κ1) is 22.0. The molecule has 0 spiro atoms. The van der Waals surface area contributed by atoms with E-state index >= 15 is 0 Å². The minimum Gasteiger partial charge on any atom is -0.353 e. The Bertz CT molecular complexity index is 837. The molecule has 2 amide bonds. The standard InChI is InChI=1S/C21H30N4O2S/c1-13(2)22-19(27)11-24(7)10-18-12-28-21(23-18)25(17(6)26)20-15(4)8-14(3)9-16(20)5/h8-9,12-13H,10-11H2,1-7H3,(H,22,27). The van der Waals surface area contributed by atoms with Crippen LogP contribution in [0.4, 0.5) is 10.8 Å². The van der Waals surface area contributed by atoms with E-state index in [0.717, 1.165) is 22.5 Å². The molecule has 1 aromatic carbocycles. The number of hydrogen-bond donors (Lipinski definition) is 1. The highest BCUT2D eigenvalue weighted by molar-refractivity contribution is 7.14. The second-order valence-corrected chi connectivity index (χ2v) is 8.45. The Morgan fingerprint density at radius 3 is 2.32 bits per heavy atom. The number of carbonyl (C=O) groups excluding carboxylic acids is 2. The molecule has 0 radical (unpaired) electrons. The highest BCUT2D eigenvalue weighted by Crippen LogP contribution is 2.34. The summed E-state index contributed by atoms with van der Waals surface area (Å²) in [6.45, 7) is 12.4. The van der Waals surface area contributed by atoms with Gasteiger partial charge in [0.15, 0.2) is 5.13 Å². The number of benzene rings is 1. The van der Waals surface area contributed by atoms with Crippen molar-refractivity contribution in [1.29, 1.82) is 0 Å². The Morgan fingerprint density at radius 1 is 1.18 bits per heavy atom. The van der Waals surface area contributed by atoms with E-state index in [9.17, 15) is 9.59 Å². The summed E-state index contributed by atoms with van der Waals surface area (Å²) >= 11 is 1.44. The van der Waals surface area contributed by atoms with Crippen LogP contribution in [0.5, 0.6) is 0 Å². The van der Waals surface area contributed by atoms with Gasteiger partial charge in [0, 0.05) is 24.9 Å². The molecule has 0 bridgehead atoms. The van der Waals surface area contributed by atoms with Crippen LogP contribution in [0, 0.1) is 20.8 Å². The number of anilines is 2. The summed E-state index contributed by atoms with van der Waals surface area (Å²) in [6, 6.07) is 4.28. The van der Waals surface area contributed by atoms with Gasteiger partial charge in [0.2, 0.25) is 11.8 Å². The zero-order chi connectivity index (χ0) is 21.0. The Hall–Kier alpha value is -2.25. The van der Waals surface area contributed by atoms with Crippen molar-refractivity contribution >= 4 is 34.0 Å². The molecule has 2 rings (SSSR count). The third kappa shape index (κ3) is 5.62. The summed E-state index contributed by atoms with van der Waals surface area (Å²) in [4.78, 5) is 32.6. The van der Waals surface area contributed by atoms with Crippen molar-refractivity contribution in [3.63, 3.8) is 0 Å². The lowest BCUT2D eigenvalue weighted by Gasteiger charge is -2.23. The molecule has 1 N–H and O–H groups in total. The Kier molecular flexibility index (Phi) is 7.32. The van der Waals surface area contributed by atoms with E-state index < -0.39 is 0 Å². The van der Waals surface area contributed by atoms with Gasteiger partial charge in [0.25, 0.3) is 0 Å². The van der Waals surface area contributed by atoms with Gasteiger partial charge in [0.1, 0.15) is 0 Å². The lowest BCUT2D eigenvalue weighted by Crippen LogP contribution is -2.38. The number of aromatic nitrogens is 1. The predicted octanol–water partition coefficient (Wildman–Crippen LogP) is 3.71. The average Bonchev–Trinajstić information content (AvgIpc) is 2.96. The number of likely N-dealkylation sites (N-methyl/N-ethyl adjacent to an activating group) is 1. The molecule has 0 aliphatic carbocycles. The lowest BCUT2D eigenvalue weighted by molar-refractivity contribution is -0.122. The summed E-state index contributed by atoms with van der Waals surface area (Å²) < 4.78 is 0. The molecule has 0 saturated carbocycles. The number of hydrogen-bond acceptors (Lipinski definition) is 5. The molecular formula is C21H30N4O2S. The van der Waals surface area contributed by atoms with Gasteiger partial charge in [0.05, 0.1) is 17.9 Å². The summed E-state index contributed by atoms with van der Waals surface area (Å²) in [6.07, 6.45) is 0. The molecule has 152 valence electrons.